The van der Waals surface area contributed by atoms with E-state index in [1.54, 1.807) is 11.3 Å². The molecule has 1 heterocycles. The second-order valence-corrected chi connectivity index (χ2v) is 6.29. The highest BCUT2D eigenvalue weighted by molar-refractivity contribution is 7.18. The number of aromatic nitrogens is 1. The van der Waals surface area contributed by atoms with Crippen molar-refractivity contribution in [3.8, 4) is 0 Å². The first-order valence-electron chi connectivity index (χ1n) is 6.92. The lowest BCUT2D eigenvalue weighted by Gasteiger charge is -2.25. The maximum absolute atomic E-state index is 11.7. The minimum atomic E-state index is 0.158. The van der Waals surface area contributed by atoms with Gasteiger partial charge in [-0.3, -0.25) is 4.79 Å². The Morgan fingerprint density at radius 1 is 1.37 bits per heavy atom. The summed E-state index contributed by atoms with van der Waals surface area (Å²) in [6, 6.07) is 8.12. The quantitative estimate of drug-likeness (QED) is 0.910. The second-order valence-electron chi connectivity index (χ2n) is 5.18. The molecule has 4 heteroatoms. The van der Waals surface area contributed by atoms with Crippen LogP contribution in [0.2, 0.25) is 0 Å². The molecule has 1 aromatic carbocycles. The number of fused-ring (bicyclic) bond motifs is 1. The first-order valence-corrected chi connectivity index (χ1v) is 7.74. The summed E-state index contributed by atoms with van der Waals surface area (Å²) >= 11 is 1.69. The molecule has 19 heavy (non-hydrogen) atoms. The van der Waals surface area contributed by atoms with Crippen LogP contribution >= 0.6 is 11.3 Å². The van der Waals surface area contributed by atoms with Gasteiger partial charge in [0.15, 0.2) is 0 Å². The molecule has 1 aromatic heterocycles. The van der Waals surface area contributed by atoms with E-state index in [1.165, 1.54) is 24.0 Å². The predicted molar refractivity (Wildman–Crippen MR) is 78.3 cm³/mol. The van der Waals surface area contributed by atoms with Crippen molar-refractivity contribution in [1.82, 2.24) is 10.3 Å². The van der Waals surface area contributed by atoms with Crippen molar-refractivity contribution in [2.24, 2.45) is 5.92 Å². The zero-order chi connectivity index (χ0) is 13.1. The Hall–Kier alpha value is -1.42. The number of benzene rings is 1. The first-order chi connectivity index (χ1) is 9.31. The number of nitrogens with one attached hydrogen (secondary N) is 1. The average molecular weight is 274 g/mol. The number of hydrogen-bond acceptors (Lipinski definition) is 3. The van der Waals surface area contributed by atoms with Crippen LogP contribution in [0.3, 0.4) is 0 Å². The number of nitrogens with zero attached hydrogens (tertiary/aromatic N) is 1. The Morgan fingerprint density at radius 2 is 2.21 bits per heavy atom. The Morgan fingerprint density at radius 3 is 2.95 bits per heavy atom. The van der Waals surface area contributed by atoms with Gasteiger partial charge >= 0.3 is 0 Å². The van der Waals surface area contributed by atoms with Gasteiger partial charge in [-0.1, -0.05) is 18.6 Å². The van der Waals surface area contributed by atoms with Gasteiger partial charge in [-0.2, -0.15) is 0 Å². The molecule has 0 radical (unpaired) electrons. The van der Waals surface area contributed by atoms with Crippen LogP contribution in [0.15, 0.2) is 24.3 Å². The summed E-state index contributed by atoms with van der Waals surface area (Å²) in [7, 11) is 0. The number of carbonyl (C=O) groups is 1. The maximum atomic E-state index is 11.7. The number of carbonyl (C=O) groups excluding carboxylic acids is 1. The van der Waals surface area contributed by atoms with Crippen LogP contribution in [0.5, 0.6) is 0 Å². The van der Waals surface area contributed by atoms with Crippen molar-refractivity contribution in [2.75, 3.05) is 6.54 Å². The topological polar surface area (TPSA) is 42.0 Å². The van der Waals surface area contributed by atoms with E-state index < -0.39 is 0 Å². The molecule has 0 bridgehead atoms. The van der Waals surface area contributed by atoms with E-state index in [-0.39, 0.29) is 5.91 Å². The first kappa shape index (κ1) is 12.6. The van der Waals surface area contributed by atoms with Gasteiger partial charge in [-0.15, -0.1) is 11.3 Å². The number of aryl methyl sites for hydroxylation is 1. The fourth-order valence-corrected chi connectivity index (χ4v) is 3.26. The lowest BCUT2D eigenvalue weighted by Crippen LogP contribution is -2.32. The molecule has 100 valence electrons. The number of para-hydroxylation sites is 1. The van der Waals surface area contributed by atoms with Gasteiger partial charge < -0.3 is 5.32 Å². The molecule has 1 N–H and O–H groups in total. The molecule has 1 amide bonds. The molecule has 3 nitrogen and oxygen atoms in total. The predicted octanol–water partition coefficient (Wildman–Crippen LogP) is 3.15. The highest BCUT2D eigenvalue weighted by Gasteiger charge is 2.17. The zero-order valence-corrected chi connectivity index (χ0v) is 11.7. The molecule has 0 spiro atoms. The highest BCUT2D eigenvalue weighted by atomic mass is 32.1. The minimum absolute atomic E-state index is 0.158. The van der Waals surface area contributed by atoms with E-state index >= 15 is 0 Å². The molecule has 2 aromatic rings. The van der Waals surface area contributed by atoms with Gasteiger partial charge in [0.2, 0.25) is 5.91 Å². The number of amides is 1. The number of hydrogen-bond donors (Lipinski definition) is 1. The van der Waals surface area contributed by atoms with Crippen molar-refractivity contribution in [3.05, 3.63) is 29.3 Å². The minimum Gasteiger partial charge on any atom is -0.356 e. The maximum Gasteiger partial charge on any atom is 0.220 e. The lowest BCUT2D eigenvalue weighted by atomic mass is 9.85. The van der Waals surface area contributed by atoms with Gasteiger partial charge in [0.25, 0.3) is 0 Å². The summed E-state index contributed by atoms with van der Waals surface area (Å²) in [5.41, 5.74) is 1.04. The van der Waals surface area contributed by atoms with Crippen molar-refractivity contribution in [3.63, 3.8) is 0 Å². The third-order valence-corrected chi connectivity index (χ3v) is 4.81. The third kappa shape index (κ3) is 3.13. The SMILES string of the molecule is O=C(CCc1nc2ccccc2s1)NCC1CCC1. The fourth-order valence-electron chi connectivity index (χ4n) is 2.29. The number of thiazole rings is 1. The van der Waals surface area contributed by atoms with E-state index in [0.717, 1.165) is 29.4 Å². The molecule has 1 aliphatic carbocycles. The van der Waals surface area contributed by atoms with Crippen molar-refractivity contribution >= 4 is 27.5 Å². The van der Waals surface area contributed by atoms with Crippen molar-refractivity contribution in [1.29, 1.82) is 0 Å². The fraction of sp³-hybridized carbons (Fsp3) is 0.467. The molecule has 0 unspecified atom stereocenters. The molecule has 3 rings (SSSR count). The second kappa shape index (κ2) is 5.70. The van der Waals surface area contributed by atoms with Gasteiger partial charge in [-0.05, 0) is 30.9 Å². The molecule has 1 saturated carbocycles. The summed E-state index contributed by atoms with van der Waals surface area (Å²) in [5.74, 6) is 0.887. The van der Waals surface area contributed by atoms with Gasteiger partial charge in [0.1, 0.15) is 0 Å². The smallest absolute Gasteiger partial charge is 0.220 e. The van der Waals surface area contributed by atoms with E-state index in [0.29, 0.717) is 6.42 Å². The summed E-state index contributed by atoms with van der Waals surface area (Å²) in [5, 5.41) is 4.08. The summed E-state index contributed by atoms with van der Waals surface area (Å²) in [4.78, 5) is 16.3. The average Bonchev–Trinajstić information content (AvgIpc) is 2.77. The molecular formula is C15H18N2OS. The number of rotatable bonds is 5. The van der Waals surface area contributed by atoms with Crippen LogP contribution in [0.4, 0.5) is 0 Å². The van der Waals surface area contributed by atoms with Crippen LogP contribution in [0.1, 0.15) is 30.7 Å². The standard InChI is InChI=1S/C15H18N2OS/c18-14(16-10-11-4-3-5-11)8-9-15-17-12-6-1-2-7-13(12)19-15/h1-2,6-7,11H,3-5,8-10H2,(H,16,18). The van der Waals surface area contributed by atoms with Crippen LogP contribution in [-0.4, -0.2) is 17.4 Å². The largest absolute Gasteiger partial charge is 0.356 e. The van der Waals surface area contributed by atoms with E-state index in [1.807, 2.05) is 18.2 Å². The van der Waals surface area contributed by atoms with E-state index in [9.17, 15) is 4.79 Å². The molecule has 0 saturated heterocycles. The summed E-state index contributed by atoms with van der Waals surface area (Å²) in [6.07, 6.45) is 5.17. The van der Waals surface area contributed by atoms with Gasteiger partial charge in [0.05, 0.1) is 15.2 Å². The highest BCUT2D eigenvalue weighted by Crippen LogP contribution is 2.25. The van der Waals surface area contributed by atoms with Gasteiger partial charge in [0, 0.05) is 19.4 Å². The monoisotopic (exact) mass is 274 g/mol. The normalized spacial score (nSPS) is 15.4. The Bertz CT molecular complexity index is 541. The van der Waals surface area contributed by atoms with Crippen LogP contribution in [0, 0.1) is 5.92 Å². The van der Waals surface area contributed by atoms with Crippen LogP contribution in [-0.2, 0) is 11.2 Å². The van der Waals surface area contributed by atoms with Crippen molar-refractivity contribution in [2.45, 2.75) is 32.1 Å². The Labute approximate surface area is 117 Å². The van der Waals surface area contributed by atoms with E-state index in [4.69, 9.17) is 0 Å². The summed E-state index contributed by atoms with van der Waals surface area (Å²) in [6.45, 7) is 0.860. The van der Waals surface area contributed by atoms with Crippen LogP contribution < -0.4 is 5.32 Å². The lowest BCUT2D eigenvalue weighted by molar-refractivity contribution is -0.121. The zero-order valence-electron chi connectivity index (χ0n) is 10.9. The third-order valence-electron chi connectivity index (χ3n) is 3.72. The Kier molecular flexibility index (Phi) is 3.78. The molecule has 1 aliphatic rings. The van der Waals surface area contributed by atoms with Gasteiger partial charge in [-0.25, -0.2) is 4.98 Å². The molecule has 0 atom stereocenters. The molecular weight excluding hydrogens is 256 g/mol. The summed E-state index contributed by atoms with van der Waals surface area (Å²) < 4.78 is 1.20. The van der Waals surface area contributed by atoms with Crippen LogP contribution in [0.25, 0.3) is 10.2 Å². The van der Waals surface area contributed by atoms with E-state index in [2.05, 4.69) is 16.4 Å². The Balaban J connectivity index is 1.49. The molecule has 0 aliphatic heterocycles. The molecule has 1 fully saturated rings. The van der Waals surface area contributed by atoms with Crippen molar-refractivity contribution < 1.29 is 4.79 Å².